The number of nitro groups is 1. The molecule has 3 rings (SSSR count). The maximum atomic E-state index is 12.3. The molecule has 0 spiro atoms. The van der Waals surface area contributed by atoms with E-state index < -0.39 is 16.7 Å². The van der Waals surface area contributed by atoms with E-state index >= 15 is 0 Å². The summed E-state index contributed by atoms with van der Waals surface area (Å²) >= 11 is 4.78. The lowest BCUT2D eigenvalue weighted by Gasteiger charge is -2.05. The molecule has 0 atom stereocenters. The lowest BCUT2D eigenvalue weighted by Crippen LogP contribution is -2.19. The molecule has 0 saturated carbocycles. The van der Waals surface area contributed by atoms with Gasteiger partial charge in [0.05, 0.1) is 22.9 Å². The lowest BCUT2D eigenvalue weighted by atomic mass is 10.3. The molecule has 0 N–H and O–H groups in total. The predicted molar refractivity (Wildman–Crippen MR) is 99.3 cm³/mol. The van der Waals surface area contributed by atoms with E-state index in [1.165, 1.54) is 17.4 Å². The Bertz CT molecular complexity index is 1040. The number of hydrogen-bond donors (Lipinski definition) is 0. The summed E-state index contributed by atoms with van der Waals surface area (Å²) in [6, 6.07) is 8.17. The van der Waals surface area contributed by atoms with E-state index in [-0.39, 0.29) is 5.76 Å². The quantitative estimate of drug-likeness (QED) is 0.330. The summed E-state index contributed by atoms with van der Waals surface area (Å²) in [7, 11) is 0. The lowest BCUT2D eigenvalue weighted by molar-refractivity contribution is -0.402. The van der Waals surface area contributed by atoms with Crippen LogP contribution < -0.4 is 4.80 Å². The maximum Gasteiger partial charge on any atom is 0.433 e. The largest absolute Gasteiger partial charge is 0.433 e. The molecule has 8 nitrogen and oxygen atoms in total. The zero-order valence-corrected chi connectivity index (χ0v) is 16.1. The number of ether oxygens (including phenoxy) is 1. The van der Waals surface area contributed by atoms with Gasteiger partial charge in [-0.15, -0.1) is 0 Å². The van der Waals surface area contributed by atoms with Gasteiger partial charge in [0.15, 0.2) is 4.80 Å². The van der Waals surface area contributed by atoms with Crippen LogP contribution in [0.5, 0.6) is 0 Å². The standard InChI is InChI=1S/C16H14BrN3O5S/c1-2-24-8-7-19-11-4-3-10(17)9-13(11)26-16(19)18-15(21)12-5-6-14(25-12)20(22)23/h3-6,9H,2,7-8H2,1H3. The fraction of sp³-hybridized carbons (Fsp3) is 0.250. The molecule has 0 aliphatic carbocycles. The van der Waals surface area contributed by atoms with Crippen LogP contribution in [0, 0.1) is 10.1 Å². The average Bonchev–Trinajstić information content (AvgIpc) is 3.20. The van der Waals surface area contributed by atoms with Crippen molar-refractivity contribution in [3.8, 4) is 0 Å². The molecule has 0 radical (unpaired) electrons. The van der Waals surface area contributed by atoms with E-state index in [4.69, 9.17) is 9.15 Å². The Morgan fingerprint density at radius 2 is 2.23 bits per heavy atom. The van der Waals surface area contributed by atoms with Gasteiger partial charge in [0.25, 0.3) is 0 Å². The third-order valence-electron chi connectivity index (χ3n) is 3.49. The number of amides is 1. The number of hydrogen-bond acceptors (Lipinski definition) is 6. The van der Waals surface area contributed by atoms with Crippen molar-refractivity contribution in [3.63, 3.8) is 0 Å². The van der Waals surface area contributed by atoms with Crippen molar-refractivity contribution in [2.75, 3.05) is 13.2 Å². The molecule has 0 aliphatic heterocycles. The van der Waals surface area contributed by atoms with Crippen molar-refractivity contribution in [1.29, 1.82) is 0 Å². The molecule has 2 heterocycles. The Morgan fingerprint density at radius 3 is 2.92 bits per heavy atom. The van der Waals surface area contributed by atoms with Crippen molar-refractivity contribution < 1.29 is 18.9 Å². The van der Waals surface area contributed by atoms with Gasteiger partial charge < -0.3 is 13.7 Å². The molecular weight excluding hydrogens is 426 g/mol. The monoisotopic (exact) mass is 439 g/mol. The van der Waals surface area contributed by atoms with Crippen LogP contribution in [-0.4, -0.2) is 28.6 Å². The van der Waals surface area contributed by atoms with Crippen molar-refractivity contribution in [2.45, 2.75) is 13.5 Å². The second-order valence-corrected chi connectivity index (χ2v) is 7.08. The zero-order valence-electron chi connectivity index (χ0n) is 13.7. The Labute approximate surface area is 160 Å². The third-order valence-corrected chi connectivity index (χ3v) is 5.02. The van der Waals surface area contributed by atoms with Gasteiger partial charge in [-0.05, 0) is 31.2 Å². The van der Waals surface area contributed by atoms with Gasteiger partial charge in [0.1, 0.15) is 4.92 Å². The number of carbonyl (C=O) groups excluding carboxylic acids is 1. The van der Waals surface area contributed by atoms with Gasteiger partial charge in [0.2, 0.25) is 5.76 Å². The van der Waals surface area contributed by atoms with Crippen LogP contribution in [0.2, 0.25) is 0 Å². The van der Waals surface area contributed by atoms with Crippen LogP contribution in [0.25, 0.3) is 10.2 Å². The first-order valence-corrected chi connectivity index (χ1v) is 9.30. The molecule has 136 valence electrons. The van der Waals surface area contributed by atoms with E-state index in [1.807, 2.05) is 29.7 Å². The van der Waals surface area contributed by atoms with Crippen molar-refractivity contribution in [3.05, 3.63) is 55.5 Å². The van der Waals surface area contributed by atoms with Crippen LogP contribution in [0.1, 0.15) is 17.5 Å². The first-order chi connectivity index (χ1) is 12.5. The van der Waals surface area contributed by atoms with Crippen molar-refractivity contribution in [2.24, 2.45) is 4.99 Å². The fourth-order valence-electron chi connectivity index (χ4n) is 2.33. The summed E-state index contributed by atoms with van der Waals surface area (Å²) < 4.78 is 14.1. The van der Waals surface area contributed by atoms with E-state index in [0.29, 0.717) is 24.6 Å². The molecule has 0 aliphatic rings. The number of fused-ring (bicyclic) bond motifs is 1. The van der Waals surface area contributed by atoms with Crippen LogP contribution in [0.15, 0.2) is 44.2 Å². The molecule has 3 aromatic rings. The van der Waals surface area contributed by atoms with Gasteiger partial charge in [-0.25, -0.2) is 0 Å². The van der Waals surface area contributed by atoms with E-state index in [1.54, 1.807) is 0 Å². The molecule has 10 heteroatoms. The Morgan fingerprint density at radius 1 is 1.42 bits per heavy atom. The fourth-order valence-corrected chi connectivity index (χ4v) is 3.94. The minimum atomic E-state index is -0.698. The number of halogens is 1. The highest BCUT2D eigenvalue weighted by Crippen LogP contribution is 2.22. The number of benzene rings is 1. The van der Waals surface area contributed by atoms with Gasteiger partial charge >= 0.3 is 11.8 Å². The highest BCUT2D eigenvalue weighted by atomic mass is 79.9. The minimum absolute atomic E-state index is 0.174. The second kappa shape index (κ2) is 7.94. The molecule has 0 bridgehead atoms. The van der Waals surface area contributed by atoms with Crippen molar-refractivity contribution >= 4 is 49.3 Å². The smallest absolute Gasteiger partial charge is 0.395 e. The Hall–Kier alpha value is -2.30. The van der Waals surface area contributed by atoms with Crippen LogP contribution in [0.4, 0.5) is 5.88 Å². The van der Waals surface area contributed by atoms with E-state index in [0.717, 1.165) is 20.8 Å². The Kier molecular flexibility index (Phi) is 5.64. The summed E-state index contributed by atoms with van der Waals surface area (Å²) in [5, 5.41) is 10.7. The number of carbonyl (C=O) groups is 1. The molecule has 2 aromatic heterocycles. The van der Waals surface area contributed by atoms with Gasteiger partial charge in [0, 0.05) is 17.6 Å². The molecule has 26 heavy (non-hydrogen) atoms. The summed E-state index contributed by atoms with van der Waals surface area (Å²) in [6.07, 6.45) is 0. The molecule has 1 aromatic carbocycles. The number of thiazole rings is 1. The van der Waals surface area contributed by atoms with E-state index in [2.05, 4.69) is 20.9 Å². The van der Waals surface area contributed by atoms with E-state index in [9.17, 15) is 14.9 Å². The third kappa shape index (κ3) is 3.92. The molecular formula is C16H14BrN3O5S. The number of aromatic nitrogens is 1. The molecule has 1 amide bonds. The normalized spacial score (nSPS) is 12.0. The summed E-state index contributed by atoms with van der Waals surface area (Å²) in [6.45, 7) is 3.51. The SMILES string of the molecule is CCOCCn1c(=NC(=O)c2ccc([N+](=O)[O-])o2)sc2cc(Br)ccc21. The molecule has 0 saturated heterocycles. The number of furan rings is 1. The summed E-state index contributed by atoms with van der Waals surface area (Å²) in [5.74, 6) is -1.34. The zero-order chi connectivity index (χ0) is 18.7. The topological polar surface area (TPSA) is 99.9 Å². The van der Waals surface area contributed by atoms with Crippen LogP contribution >= 0.6 is 27.3 Å². The van der Waals surface area contributed by atoms with Gasteiger partial charge in [-0.2, -0.15) is 4.99 Å². The van der Waals surface area contributed by atoms with Crippen molar-refractivity contribution in [1.82, 2.24) is 4.57 Å². The summed E-state index contributed by atoms with van der Waals surface area (Å²) in [5.41, 5.74) is 0.926. The molecule has 0 unspecified atom stereocenters. The van der Waals surface area contributed by atoms with Crippen LogP contribution in [-0.2, 0) is 11.3 Å². The maximum absolute atomic E-state index is 12.3. The van der Waals surface area contributed by atoms with Gasteiger partial charge in [-0.1, -0.05) is 27.3 Å². The highest BCUT2D eigenvalue weighted by Gasteiger charge is 2.17. The number of nitrogens with zero attached hydrogens (tertiary/aromatic N) is 3. The predicted octanol–water partition coefficient (Wildman–Crippen LogP) is 3.74. The Balaban J connectivity index is 2.03. The second-order valence-electron chi connectivity index (χ2n) is 5.16. The minimum Gasteiger partial charge on any atom is -0.395 e. The summed E-state index contributed by atoms with van der Waals surface area (Å²) in [4.78, 5) is 26.9. The first kappa shape index (κ1) is 18.5. The first-order valence-electron chi connectivity index (χ1n) is 7.69. The van der Waals surface area contributed by atoms with Gasteiger partial charge in [-0.3, -0.25) is 14.9 Å². The number of rotatable bonds is 6. The highest BCUT2D eigenvalue weighted by molar-refractivity contribution is 9.10. The average molecular weight is 440 g/mol. The molecule has 0 fully saturated rings. The van der Waals surface area contributed by atoms with Crippen LogP contribution in [0.3, 0.4) is 0 Å².